The Bertz CT molecular complexity index is 1250. The van der Waals surface area contributed by atoms with E-state index in [0.717, 1.165) is 12.5 Å². The van der Waals surface area contributed by atoms with E-state index < -0.39 is 50.7 Å². The Morgan fingerprint density at radius 2 is 1.46 bits per heavy atom. The van der Waals surface area contributed by atoms with Gasteiger partial charge < -0.3 is 9.47 Å². The maximum Gasteiger partial charge on any atom is 0.345 e. The zero-order chi connectivity index (χ0) is 26.0. The molecule has 0 N–H and O–H groups in total. The maximum absolute atomic E-state index is 16.2. The minimum atomic E-state index is -4.90. The fourth-order valence-electron chi connectivity index (χ4n) is 4.19. The second kappa shape index (κ2) is 9.99. The van der Waals surface area contributed by atoms with Crippen molar-refractivity contribution in [3.63, 3.8) is 0 Å². The summed E-state index contributed by atoms with van der Waals surface area (Å²) < 4.78 is 54.3. The molecule has 186 valence electrons. The molecule has 1 aliphatic heterocycles. The van der Waals surface area contributed by atoms with Gasteiger partial charge >= 0.3 is 11.9 Å². The molecule has 2 aromatic rings. The number of benzene rings is 2. The number of sulfonamides is 1. The summed E-state index contributed by atoms with van der Waals surface area (Å²) in [6, 6.07) is 13.1. The van der Waals surface area contributed by atoms with Crippen LogP contribution in [0.3, 0.4) is 0 Å². The fourth-order valence-corrected chi connectivity index (χ4v) is 5.82. The van der Waals surface area contributed by atoms with E-state index in [9.17, 15) is 22.8 Å². The number of esters is 2. The summed E-state index contributed by atoms with van der Waals surface area (Å²) in [5, 5.41) is 0. The third kappa shape index (κ3) is 4.22. The second-order valence-corrected chi connectivity index (χ2v) is 9.68. The molecule has 0 amide bonds. The van der Waals surface area contributed by atoms with E-state index in [0.29, 0.717) is 0 Å². The van der Waals surface area contributed by atoms with Gasteiger partial charge in [-0.1, -0.05) is 48.0 Å². The molecule has 3 rings (SSSR count). The second-order valence-electron chi connectivity index (χ2n) is 7.89. The van der Waals surface area contributed by atoms with E-state index >= 15 is 4.39 Å². The Kier molecular flexibility index (Phi) is 7.44. The lowest BCUT2D eigenvalue weighted by molar-refractivity contribution is -0.170. The van der Waals surface area contributed by atoms with E-state index in [2.05, 4.69) is 0 Å². The molecule has 8 nitrogen and oxygen atoms in total. The molecule has 10 heteroatoms. The monoisotopic (exact) mass is 503 g/mol. The third-order valence-corrected chi connectivity index (χ3v) is 7.47. The molecule has 0 aromatic heterocycles. The third-order valence-electron chi connectivity index (χ3n) is 5.67. The van der Waals surface area contributed by atoms with Crippen molar-refractivity contribution >= 4 is 27.7 Å². The molecular formula is C25H26FNO7S. The first-order valence-corrected chi connectivity index (χ1v) is 12.4. The minimum Gasteiger partial charge on any atom is -0.464 e. The van der Waals surface area contributed by atoms with Gasteiger partial charge in [-0.05, 0) is 45.4 Å². The molecule has 2 aromatic carbocycles. The Hall–Kier alpha value is -3.53. The molecule has 1 atom stereocenters. The SMILES string of the molecule is CCOC(=O)C1(C(=O)OCC)C(c2ccccc2)C(C(C)=O)=C(F)N1S(=O)(=O)c1ccc(C)cc1. The molecule has 1 unspecified atom stereocenters. The van der Waals surface area contributed by atoms with E-state index in [1.807, 2.05) is 0 Å². The van der Waals surface area contributed by atoms with Crippen molar-refractivity contribution in [3.8, 4) is 0 Å². The first kappa shape index (κ1) is 26.1. The fraction of sp³-hybridized carbons (Fsp3) is 0.320. The van der Waals surface area contributed by atoms with Gasteiger partial charge in [0.25, 0.3) is 15.6 Å². The maximum atomic E-state index is 16.2. The topological polar surface area (TPSA) is 107 Å². The highest BCUT2D eigenvalue weighted by molar-refractivity contribution is 7.89. The summed E-state index contributed by atoms with van der Waals surface area (Å²) >= 11 is 0. The summed E-state index contributed by atoms with van der Waals surface area (Å²) in [5.41, 5.74) is -2.64. The first-order chi connectivity index (χ1) is 16.5. The van der Waals surface area contributed by atoms with E-state index in [1.165, 1.54) is 50.2 Å². The number of nitrogens with zero attached hydrogens (tertiary/aromatic N) is 1. The number of ketones is 1. The van der Waals surface area contributed by atoms with Crippen LogP contribution in [0.5, 0.6) is 0 Å². The van der Waals surface area contributed by atoms with Gasteiger partial charge in [0.05, 0.1) is 29.6 Å². The molecule has 0 aliphatic carbocycles. The summed E-state index contributed by atoms with van der Waals surface area (Å²) in [5.74, 6) is -6.74. The van der Waals surface area contributed by atoms with Crippen LogP contribution in [0.2, 0.25) is 0 Å². The van der Waals surface area contributed by atoms with Crippen molar-refractivity contribution in [2.24, 2.45) is 0 Å². The molecule has 1 aliphatic rings. The molecule has 0 fully saturated rings. The van der Waals surface area contributed by atoms with Gasteiger partial charge in [-0.15, -0.1) is 0 Å². The smallest absolute Gasteiger partial charge is 0.345 e. The van der Waals surface area contributed by atoms with E-state index in [4.69, 9.17) is 9.47 Å². The predicted octanol–water partition coefficient (Wildman–Crippen LogP) is 3.42. The number of halogens is 1. The Balaban J connectivity index is 2.48. The Labute approximate surface area is 203 Å². The van der Waals surface area contributed by atoms with Crippen molar-refractivity contribution in [3.05, 3.63) is 77.2 Å². The van der Waals surface area contributed by atoms with Crippen LogP contribution >= 0.6 is 0 Å². The average Bonchev–Trinajstić information content (AvgIpc) is 3.11. The molecule has 0 bridgehead atoms. The van der Waals surface area contributed by atoms with Gasteiger partial charge in [0.2, 0.25) is 5.95 Å². The molecule has 0 radical (unpaired) electrons. The molecule has 35 heavy (non-hydrogen) atoms. The van der Waals surface area contributed by atoms with Crippen LogP contribution in [0.15, 0.2) is 71.0 Å². The lowest BCUT2D eigenvalue weighted by Crippen LogP contribution is -2.63. The highest BCUT2D eigenvalue weighted by atomic mass is 32.2. The molecule has 0 saturated carbocycles. The normalized spacial score (nSPS) is 17.3. The number of rotatable bonds is 8. The number of Topliss-reactive ketones (excluding diaryl/α,β-unsaturated/α-hetero) is 1. The Morgan fingerprint density at radius 1 is 0.943 bits per heavy atom. The number of ether oxygens (including phenoxy) is 2. The highest BCUT2D eigenvalue weighted by Crippen LogP contribution is 2.53. The van der Waals surface area contributed by atoms with Crippen LogP contribution in [-0.4, -0.2) is 49.2 Å². The van der Waals surface area contributed by atoms with Crippen molar-refractivity contribution in [1.29, 1.82) is 0 Å². The van der Waals surface area contributed by atoms with Gasteiger partial charge in [-0.3, -0.25) is 4.79 Å². The molecule has 1 heterocycles. The van der Waals surface area contributed by atoms with E-state index in [-0.39, 0.29) is 28.0 Å². The molecular weight excluding hydrogens is 477 g/mol. The van der Waals surface area contributed by atoms with E-state index in [1.54, 1.807) is 25.1 Å². The number of carbonyl (C=O) groups excluding carboxylic acids is 3. The Morgan fingerprint density at radius 3 is 1.91 bits per heavy atom. The van der Waals surface area contributed by atoms with Crippen molar-refractivity contribution in [2.75, 3.05) is 13.2 Å². The number of aryl methyl sites for hydroxylation is 1. The van der Waals surface area contributed by atoms with Gasteiger partial charge in [0, 0.05) is 0 Å². The van der Waals surface area contributed by atoms with Crippen LogP contribution in [0.1, 0.15) is 37.8 Å². The van der Waals surface area contributed by atoms with Gasteiger partial charge in [-0.25, -0.2) is 22.3 Å². The number of hydrogen-bond donors (Lipinski definition) is 0. The van der Waals surface area contributed by atoms with Gasteiger partial charge in [0.1, 0.15) is 0 Å². The van der Waals surface area contributed by atoms with Crippen LogP contribution in [0.4, 0.5) is 4.39 Å². The predicted molar refractivity (Wildman–Crippen MR) is 124 cm³/mol. The van der Waals surface area contributed by atoms with Crippen molar-refractivity contribution in [2.45, 2.75) is 44.0 Å². The summed E-state index contributed by atoms with van der Waals surface area (Å²) in [6.07, 6.45) is 0. The summed E-state index contributed by atoms with van der Waals surface area (Å²) in [7, 11) is -4.90. The summed E-state index contributed by atoms with van der Waals surface area (Å²) in [6.45, 7) is 5.20. The van der Waals surface area contributed by atoms with Gasteiger partial charge in [-0.2, -0.15) is 4.39 Å². The number of carbonyl (C=O) groups is 3. The van der Waals surface area contributed by atoms with Gasteiger partial charge in [0.15, 0.2) is 5.78 Å². The molecule has 0 saturated heterocycles. The molecule has 0 spiro atoms. The first-order valence-electron chi connectivity index (χ1n) is 11.0. The quantitative estimate of drug-likeness (QED) is 0.309. The van der Waals surface area contributed by atoms with Crippen molar-refractivity contribution < 1.29 is 36.7 Å². The summed E-state index contributed by atoms with van der Waals surface area (Å²) in [4.78, 5) is 39.5. The highest BCUT2D eigenvalue weighted by Gasteiger charge is 2.70. The minimum absolute atomic E-state index is 0.0645. The van der Waals surface area contributed by atoms with Crippen LogP contribution in [-0.2, 0) is 33.9 Å². The average molecular weight is 504 g/mol. The van der Waals surface area contributed by atoms with Crippen LogP contribution < -0.4 is 0 Å². The van der Waals surface area contributed by atoms with Crippen LogP contribution in [0, 0.1) is 6.92 Å². The lowest BCUT2D eigenvalue weighted by Gasteiger charge is -2.38. The standard InChI is InChI=1S/C25H26FNO7S/c1-5-33-23(29)25(24(30)34-6-2)21(18-10-8-7-9-11-18)20(17(4)28)22(26)27(25)35(31,32)19-14-12-16(3)13-15-19/h7-15,21H,5-6H2,1-4H3. The lowest BCUT2D eigenvalue weighted by atomic mass is 9.76. The van der Waals surface area contributed by atoms with Crippen molar-refractivity contribution in [1.82, 2.24) is 4.31 Å². The zero-order valence-electron chi connectivity index (χ0n) is 19.8. The zero-order valence-corrected chi connectivity index (χ0v) is 20.6. The van der Waals surface area contributed by atoms with Crippen LogP contribution in [0.25, 0.3) is 0 Å². The number of hydrogen-bond acceptors (Lipinski definition) is 7. The largest absolute Gasteiger partial charge is 0.464 e.